The zero-order valence-electron chi connectivity index (χ0n) is 5.07. The number of hydrogen-bond donors (Lipinski definition) is 1. The van der Waals surface area contributed by atoms with E-state index in [0.29, 0.717) is 0 Å². The van der Waals surface area contributed by atoms with Crippen molar-refractivity contribution in [2.24, 2.45) is 11.1 Å². The van der Waals surface area contributed by atoms with E-state index in [-0.39, 0.29) is 4.99 Å². The lowest BCUT2D eigenvalue weighted by atomic mass is 9.96. The van der Waals surface area contributed by atoms with Gasteiger partial charge in [-0.25, -0.2) is 0 Å². The van der Waals surface area contributed by atoms with Gasteiger partial charge >= 0.3 is 0 Å². The first-order chi connectivity index (χ1) is 3.50. The summed E-state index contributed by atoms with van der Waals surface area (Å²) < 4.78 is 11.9. The maximum Gasteiger partial charge on any atom is 0.101 e. The Balaban J connectivity index is 3.91. The van der Waals surface area contributed by atoms with Gasteiger partial charge in [-0.05, 0) is 0 Å². The fourth-order valence-electron chi connectivity index (χ4n) is 0.0659. The quantitative estimate of drug-likeness (QED) is 0.577. The number of nitrogens with two attached hydrogens (primary N) is 1. The van der Waals surface area contributed by atoms with E-state index in [4.69, 9.17) is 5.73 Å². The summed E-state index contributed by atoms with van der Waals surface area (Å²) in [6.45, 7) is 2.87. The largest absolute Gasteiger partial charge is 0.393 e. The molecule has 48 valence electrons. The molecular formula is C5H10FNS. The van der Waals surface area contributed by atoms with Gasteiger partial charge in [0.05, 0.1) is 4.99 Å². The van der Waals surface area contributed by atoms with E-state index in [0.717, 1.165) is 0 Å². The van der Waals surface area contributed by atoms with E-state index in [9.17, 15) is 4.39 Å². The minimum atomic E-state index is -0.616. The first kappa shape index (κ1) is 7.82. The van der Waals surface area contributed by atoms with Crippen LogP contribution in [0.4, 0.5) is 4.39 Å². The molecule has 0 amide bonds. The van der Waals surface area contributed by atoms with Gasteiger partial charge < -0.3 is 5.73 Å². The first-order valence-corrected chi connectivity index (χ1v) is 2.77. The van der Waals surface area contributed by atoms with Gasteiger partial charge in [0.25, 0.3) is 0 Å². The normalized spacial score (nSPS) is 11.4. The molecule has 0 radical (unpaired) electrons. The number of rotatable bonds is 2. The number of thiocarbonyl (C=S) groups is 1. The van der Waals surface area contributed by atoms with Crippen LogP contribution in [0.3, 0.4) is 0 Å². The summed E-state index contributed by atoms with van der Waals surface area (Å²) in [5, 5.41) is 0. The Morgan fingerprint density at radius 3 is 2.12 bits per heavy atom. The maximum absolute atomic E-state index is 11.9. The third-order valence-electron chi connectivity index (χ3n) is 1.00. The molecule has 1 nitrogen and oxygen atoms in total. The zero-order chi connectivity index (χ0) is 6.78. The van der Waals surface area contributed by atoms with E-state index >= 15 is 0 Å². The molecule has 0 atom stereocenters. The molecule has 0 rings (SSSR count). The van der Waals surface area contributed by atoms with Gasteiger partial charge in [-0.3, -0.25) is 4.39 Å². The average Bonchev–Trinajstić information content (AvgIpc) is 1.67. The van der Waals surface area contributed by atoms with Gasteiger partial charge in [-0.2, -0.15) is 0 Å². The summed E-state index contributed by atoms with van der Waals surface area (Å²) in [6.07, 6.45) is 0. The molecule has 0 aromatic heterocycles. The molecule has 0 aliphatic rings. The molecule has 0 aromatic rings. The topological polar surface area (TPSA) is 26.0 Å². The number of halogens is 1. The van der Waals surface area contributed by atoms with Gasteiger partial charge in [0.1, 0.15) is 6.67 Å². The van der Waals surface area contributed by atoms with E-state index in [1.165, 1.54) is 0 Å². The van der Waals surface area contributed by atoms with E-state index < -0.39 is 12.1 Å². The molecular weight excluding hydrogens is 125 g/mol. The molecule has 0 aliphatic carbocycles. The lowest BCUT2D eigenvalue weighted by molar-refractivity contribution is 0.347. The minimum Gasteiger partial charge on any atom is -0.393 e. The lowest BCUT2D eigenvalue weighted by Crippen LogP contribution is -2.31. The highest BCUT2D eigenvalue weighted by atomic mass is 32.1. The van der Waals surface area contributed by atoms with Crippen LogP contribution in [-0.2, 0) is 0 Å². The van der Waals surface area contributed by atoms with Crippen molar-refractivity contribution < 1.29 is 4.39 Å². The van der Waals surface area contributed by atoms with Crippen LogP contribution in [0.5, 0.6) is 0 Å². The van der Waals surface area contributed by atoms with E-state index in [2.05, 4.69) is 12.2 Å². The van der Waals surface area contributed by atoms with Crippen LogP contribution in [0, 0.1) is 5.41 Å². The van der Waals surface area contributed by atoms with Crippen molar-refractivity contribution in [3.63, 3.8) is 0 Å². The van der Waals surface area contributed by atoms with Gasteiger partial charge in [0.15, 0.2) is 0 Å². The second-order valence-corrected chi connectivity index (χ2v) is 2.82. The smallest absolute Gasteiger partial charge is 0.101 e. The van der Waals surface area contributed by atoms with Gasteiger partial charge in [-0.15, -0.1) is 0 Å². The molecule has 0 aliphatic heterocycles. The van der Waals surface area contributed by atoms with Crippen LogP contribution in [0.25, 0.3) is 0 Å². The summed E-state index contributed by atoms with van der Waals surface area (Å²) in [5.74, 6) is 0. The summed E-state index contributed by atoms with van der Waals surface area (Å²) >= 11 is 4.57. The second kappa shape index (κ2) is 2.40. The predicted octanol–water partition coefficient (Wildman–Crippen LogP) is 1.27. The molecule has 0 aromatic carbocycles. The highest BCUT2D eigenvalue weighted by Gasteiger charge is 2.20. The Labute approximate surface area is 54.1 Å². The van der Waals surface area contributed by atoms with Crippen molar-refractivity contribution in [3.05, 3.63) is 0 Å². The molecule has 0 saturated heterocycles. The van der Waals surface area contributed by atoms with Gasteiger partial charge in [-0.1, -0.05) is 26.1 Å². The van der Waals surface area contributed by atoms with Crippen LogP contribution in [0.2, 0.25) is 0 Å². The van der Waals surface area contributed by atoms with Crippen molar-refractivity contribution in [1.82, 2.24) is 0 Å². The summed E-state index contributed by atoms with van der Waals surface area (Å²) in [7, 11) is 0. The Kier molecular flexibility index (Phi) is 2.34. The number of alkyl halides is 1. The number of hydrogen-bond acceptors (Lipinski definition) is 1. The average molecular weight is 135 g/mol. The molecule has 2 N–H and O–H groups in total. The monoisotopic (exact) mass is 135 g/mol. The van der Waals surface area contributed by atoms with Crippen molar-refractivity contribution >= 4 is 17.2 Å². The van der Waals surface area contributed by atoms with Crippen LogP contribution in [-0.4, -0.2) is 11.7 Å². The maximum atomic E-state index is 11.9. The molecule has 0 saturated carbocycles. The Hall–Kier alpha value is -0.180. The van der Waals surface area contributed by atoms with Gasteiger partial charge in [0.2, 0.25) is 0 Å². The predicted molar refractivity (Wildman–Crippen MR) is 36.5 cm³/mol. The summed E-state index contributed by atoms with van der Waals surface area (Å²) in [6, 6.07) is 0. The first-order valence-electron chi connectivity index (χ1n) is 2.36. The van der Waals surface area contributed by atoms with Crippen LogP contribution >= 0.6 is 12.2 Å². The molecule has 0 bridgehead atoms. The Morgan fingerprint density at radius 2 is 2.12 bits per heavy atom. The Bertz CT molecular complexity index is 101. The molecule has 3 heteroatoms. The summed E-state index contributed by atoms with van der Waals surface area (Å²) in [4.78, 5) is 0.236. The zero-order valence-corrected chi connectivity index (χ0v) is 5.89. The van der Waals surface area contributed by atoms with Gasteiger partial charge in [0, 0.05) is 5.41 Å². The minimum absolute atomic E-state index is 0.236. The van der Waals surface area contributed by atoms with E-state index in [1.807, 2.05) is 0 Å². The molecule has 0 unspecified atom stereocenters. The van der Waals surface area contributed by atoms with Crippen LogP contribution in [0.15, 0.2) is 0 Å². The van der Waals surface area contributed by atoms with E-state index in [1.54, 1.807) is 13.8 Å². The second-order valence-electron chi connectivity index (χ2n) is 2.38. The third-order valence-corrected chi connectivity index (χ3v) is 1.55. The summed E-state index contributed by atoms with van der Waals surface area (Å²) in [5.41, 5.74) is 4.56. The molecule has 0 spiro atoms. The molecule has 0 fully saturated rings. The van der Waals surface area contributed by atoms with Crippen molar-refractivity contribution in [2.45, 2.75) is 13.8 Å². The molecule has 8 heavy (non-hydrogen) atoms. The lowest BCUT2D eigenvalue weighted by Gasteiger charge is -2.17. The fourth-order valence-corrected chi connectivity index (χ4v) is 0.120. The highest BCUT2D eigenvalue weighted by molar-refractivity contribution is 7.80. The van der Waals surface area contributed by atoms with Crippen LogP contribution < -0.4 is 5.73 Å². The van der Waals surface area contributed by atoms with Crippen molar-refractivity contribution in [3.8, 4) is 0 Å². The Morgan fingerprint density at radius 1 is 1.75 bits per heavy atom. The van der Waals surface area contributed by atoms with Crippen molar-refractivity contribution in [2.75, 3.05) is 6.67 Å². The SMILES string of the molecule is CC(C)(CF)C(N)=S. The molecule has 0 heterocycles. The standard InChI is InChI=1S/C5H10FNS/c1-5(2,3-6)4(7)8/h3H2,1-2H3,(H2,7,8). The van der Waals surface area contributed by atoms with Crippen molar-refractivity contribution in [1.29, 1.82) is 0 Å². The third kappa shape index (κ3) is 1.74. The highest BCUT2D eigenvalue weighted by Crippen LogP contribution is 2.14. The van der Waals surface area contributed by atoms with Crippen LogP contribution in [0.1, 0.15) is 13.8 Å². The fraction of sp³-hybridized carbons (Fsp3) is 0.800.